The van der Waals surface area contributed by atoms with Gasteiger partial charge in [0.1, 0.15) is 5.69 Å². The van der Waals surface area contributed by atoms with Crippen LogP contribution in [0.1, 0.15) is 31.0 Å². The molecule has 0 atom stereocenters. The first-order valence-corrected chi connectivity index (χ1v) is 7.67. The van der Waals surface area contributed by atoms with Gasteiger partial charge in [0.05, 0.1) is 19.9 Å². The quantitative estimate of drug-likeness (QED) is 0.436. The summed E-state index contributed by atoms with van der Waals surface area (Å²) in [4.78, 5) is 14.0. The second kappa shape index (κ2) is 8.66. The number of hydrazone groups is 1. The second-order valence-electron chi connectivity index (χ2n) is 5.07. The lowest BCUT2D eigenvalue weighted by atomic mass is 10.2. The van der Waals surface area contributed by atoms with E-state index in [-0.39, 0.29) is 11.5 Å². The van der Waals surface area contributed by atoms with Gasteiger partial charge in [0.15, 0.2) is 11.5 Å². The molecule has 0 aliphatic carbocycles. The van der Waals surface area contributed by atoms with E-state index in [0.29, 0.717) is 23.8 Å². The predicted octanol–water partition coefficient (Wildman–Crippen LogP) is 2.11. The number of ether oxygens (including phenoxy) is 2. The van der Waals surface area contributed by atoms with Crippen molar-refractivity contribution in [2.75, 3.05) is 19.1 Å². The van der Waals surface area contributed by atoms with Gasteiger partial charge in [-0.25, -0.2) is 5.43 Å². The lowest BCUT2D eigenvalue weighted by molar-refractivity contribution is 0.288. The van der Waals surface area contributed by atoms with E-state index in [1.54, 1.807) is 20.2 Å². The first-order chi connectivity index (χ1) is 11.6. The van der Waals surface area contributed by atoms with Gasteiger partial charge in [-0.1, -0.05) is 13.3 Å². The Kier molecular flexibility index (Phi) is 6.30. The summed E-state index contributed by atoms with van der Waals surface area (Å²) in [6.07, 6.45) is 3.62. The van der Waals surface area contributed by atoms with E-state index >= 15 is 0 Å². The first-order valence-electron chi connectivity index (χ1n) is 7.67. The first kappa shape index (κ1) is 17.5. The number of anilines is 1. The van der Waals surface area contributed by atoms with Crippen LogP contribution in [0.2, 0.25) is 0 Å². The van der Waals surface area contributed by atoms with Crippen LogP contribution in [0.25, 0.3) is 0 Å². The molecule has 0 fully saturated rings. The number of hydrogen-bond donors (Lipinski definition) is 2. The molecular weight excluding hydrogens is 310 g/mol. The van der Waals surface area contributed by atoms with Crippen LogP contribution in [0, 0.1) is 6.92 Å². The zero-order valence-electron chi connectivity index (χ0n) is 14.0. The van der Waals surface area contributed by atoms with Gasteiger partial charge in [-0.05, 0) is 37.1 Å². The van der Waals surface area contributed by atoms with Gasteiger partial charge in [-0.2, -0.15) is 5.10 Å². The zero-order valence-corrected chi connectivity index (χ0v) is 14.0. The van der Waals surface area contributed by atoms with Crippen molar-refractivity contribution in [2.24, 2.45) is 5.10 Å². The number of aromatic nitrogens is 3. The number of aromatic amines is 1. The lowest BCUT2D eigenvalue weighted by Gasteiger charge is -2.10. The van der Waals surface area contributed by atoms with Crippen molar-refractivity contribution in [3.8, 4) is 11.5 Å². The van der Waals surface area contributed by atoms with Gasteiger partial charge in [-0.3, -0.25) is 9.78 Å². The molecule has 0 aliphatic rings. The number of nitrogens with zero attached hydrogens (tertiary/aromatic N) is 3. The van der Waals surface area contributed by atoms with Crippen molar-refractivity contribution in [3.05, 3.63) is 39.8 Å². The Morgan fingerprint density at radius 3 is 2.88 bits per heavy atom. The fourth-order valence-electron chi connectivity index (χ4n) is 1.82. The number of nitrogens with one attached hydrogen (secondary N) is 2. The van der Waals surface area contributed by atoms with Crippen molar-refractivity contribution in [2.45, 2.75) is 26.7 Å². The van der Waals surface area contributed by atoms with Crippen molar-refractivity contribution < 1.29 is 9.47 Å². The van der Waals surface area contributed by atoms with Crippen LogP contribution in [0.4, 0.5) is 5.95 Å². The van der Waals surface area contributed by atoms with Gasteiger partial charge < -0.3 is 9.47 Å². The average molecular weight is 331 g/mol. The fourth-order valence-corrected chi connectivity index (χ4v) is 1.82. The largest absolute Gasteiger partial charge is 0.493 e. The molecule has 1 heterocycles. The molecule has 2 aromatic rings. The number of unbranched alkanes of at least 4 members (excludes halogenated alkanes) is 1. The maximum absolute atomic E-state index is 11.4. The summed E-state index contributed by atoms with van der Waals surface area (Å²) in [5.41, 5.74) is 3.44. The summed E-state index contributed by atoms with van der Waals surface area (Å²) in [7, 11) is 1.60. The summed E-state index contributed by atoms with van der Waals surface area (Å²) in [5, 5.41) is 11.5. The summed E-state index contributed by atoms with van der Waals surface area (Å²) < 4.78 is 11.0. The van der Waals surface area contributed by atoms with Gasteiger partial charge in [-0.15, -0.1) is 10.2 Å². The average Bonchev–Trinajstić information content (AvgIpc) is 2.58. The fraction of sp³-hybridized carbons (Fsp3) is 0.375. The van der Waals surface area contributed by atoms with E-state index < -0.39 is 0 Å². The predicted molar refractivity (Wildman–Crippen MR) is 92.0 cm³/mol. The monoisotopic (exact) mass is 331 g/mol. The Balaban J connectivity index is 2.06. The van der Waals surface area contributed by atoms with Crippen LogP contribution in [-0.4, -0.2) is 35.1 Å². The number of benzene rings is 1. The van der Waals surface area contributed by atoms with Crippen LogP contribution in [0.3, 0.4) is 0 Å². The third-order valence-electron chi connectivity index (χ3n) is 3.19. The third kappa shape index (κ3) is 4.80. The summed E-state index contributed by atoms with van der Waals surface area (Å²) >= 11 is 0. The highest BCUT2D eigenvalue weighted by Gasteiger charge is 2.05. The van der Waals surface area contributed by atoms with Crippen LogP contribution in [0.5, 0.6) is 11.5 Å². The molecule has 0 aliphatic heterocycles. The number of H-pyrrole nitrogens is 1. The minimum absolute atomic E-state index is 0.176. The standard InChI is InChI=1S/C16H21N5O3/c1-4-5-8-24-14-9-12(6-7-13(14)23-3)10-17-20-16-18-15(22)11(2)19-21-16/h6-7,9-10H,4-5,8H2,1-3H3,(H2,18,20,21,22)/b17-10-. The van der Waals surface area contributed by atoms with Crippen molar-refractivity contribution in [3.63, 3.8) is 0 Å². The molecule has 0 saturated carbocycles. The molecule has 2 rings (SSSR count). The highest BCUT2D eigenvalue weighted by Crippen LogP contribution is 2.27. The summed E-state index contributed by atoms with van der Waals surface area (Å²) in [6.45, 7) is 4.32. The van der Waals surface area contributed by atoms with Crippen LogP contribution < -0.4 is 20.5 Å². The van der Waals surface area contributed by atoms with Crippen molar-refractivity contribution in [1.82, 2.24) is 15.2 Å². The number of rotatable bonds is 8. The Morgan fingerprint density at radius 2 is 2.17 bits per heavy atom. The molecule has 8 nitrogen and oxygen atoms in total. The molecule has 0 saturated heterocycles. The van der Waals surface area contributed by atoms with Crippen molar-refractivity contribution in [1.29, 1.82) is 0 Å². The number of hydrogen-bond acceptors (Lipinski definition) is 7. The Bertz CT molecular complexity index is 758. The molecular formula is C16H21N5O3. The number of aryl methyl sites for hydroxylation is 1. The van der Waals surface area contributed by atoms with Crippen LogP contribution >= 0.6 is 0 Å². The highest BCUT2D eigenvalue weighted by atomic mass is 16.5. The normalized spacial score (nSPS) is 10.8. The molecule has 1 aromatic heterocycles. The van der Waals surface area contributed by atoms with E-state index in [0.717, 1.165) is 18.4 Å². The maximum atomic E-state index is 11.4. The molecule has 128 valence electrons. The molecule has 0 radical (unpaired) electrons. The second-order valence-corrected chi connectivity index (χ2v) is 5.07. The molecule has 0 amide bonds. The molecule has 0 spiro atoms. The SMILES string of the molecule is CCCCOc1cc(/C=N\Nc2nnc(C)c(=O)[nH]2)ccc1OC. The Morgan fingerprint density at radius 1 is 1.33 bits per heavy atom. The Labute approximate surface area is 139 Å². The van der Waals surface area contributed by atoms with Gasteiger partial charge in [0, 0.05) is 0 Å². The van der Waals surface area contributed by atoms with Crippen molar-refractivity contribution >= 4 is 12.2 Å². The molecule has 1 aromatic carbocycles. The summed E-state index contributed by atoms with van der Waals surface area (Å²) in [5.74, 6) is 1.51. The molecule has 24 heavy (non-hydrogen) atoms. The van der Waals surface area contributed by atoms with E-state index in [1.807, 2.05) is 18.2 Å². The van der Waals surface area contributed by atoms with E-state index in [2.05, 4.69) is 32.6 Å². The highest BCUT2D eigenvalue weighted by molar-refractivity contribution is 5.81. The smallest absolute Gasteiger partial charge is 0.274 e. The van der Waals surface area contributed by atoms with Gasteiger partial charge >= 0.3 is 0 Å². The molecule has 8 heteroatoms. The third-order valence-corrected chi connectivity index (χ3v) is 3.19. The Hall–Kier alpha value is -2.90. The van der Waals surface area contributed by atoms with Crippen LogP contribution in [-0.2, 0) is 0 Å². The lowest BCUT2D eigenvalue weighted by Crippen LogP contribution is -2.15. The van der Waals surface area contributed by atoms with E-state index in [9.17, 15) is 4.79 Å². The summed E-state index contributed by atoms with van der Waals surface area (Å²) in [6, 6.07) is 5.50. The zero-order chi connectivity index (χ0) is 17.4. The van der Waals surface area contributed by atoms with Gasteiger partial charge in [0.25, 0.3) is 5.56 Å². The minimum atomic E-state index is -0.307. The molecule has 0 bridgehead atoms. The minimum Gasteiger partial charge on any atom is -0.493 e. The topological polar surface area (TPSA) is 101 Å². The number of methoxy groups -OCH3 is 1. The maximum Gasteiger partial charge on any atom is 0.274 e. The molecule has 0 unspecified atom stereocenters. The molecule has 2 N–H and O–H groups in total. The van der Waals surface area contributed by atoms with E-state index in [1.165, 1.54) is 0 Å². The van der Waals surface area contributed by atoms with Gasteiger partial charge in [0.2, 0.25) is 5.95 Å². The van der Waals surface area contributed by atoms with E-state index in [4.69, 9.17) is 9.47 Å². The van der Waals surface area contributed by atoms with Crippen LogP contribution in [0.15, 0.2) is 28.1 Å².